The van der Waals surface area contributed by atoms with E-state index in [9.17, 15) is 0 Å². The molecular formula is C29H36O5. The minimum atomic E-state index is -0.517. The van der Waals surface area contributed by atoms with Gasteiger partial charge in [0.15, 0.2) is 5.79 Å². The number of fused-ring (bicyclic) bond motifs is 3. The highest BCUT2D eigenvalue weighted by molar-refractivity contribution is 5.71. The maximum Gasteiger partial charge on any atom is 0.172 e. The molecule has 1 saturated heterocycles. The van der Waals surface area contributed by atoms with Crippen molar-refractivity contribution in [1.29, 1.82) is 0 Å². The number of ether oxygens (including phenoxy) is 5. The van der Waals surface area contributed by atoms with Gasteiger partial charge in [0.1, 0.15) is 23.0 Å². The summed E-state index contributed by atoms with van der Waals surface area (Å²) < 4.78 is 30.7. The fraction of sp³-hybridized carbons (Fsp3) is 0.517. The molecule has 0 amide bonds. The third-order valence-electron chi connectivity index (χ3n) is 7.02. The van der Waals surface area contributed by atoms with E-state index in [1.807, 2.05) is 18.2 Å². The monoisotopic (exact) mass is 464 g/mol. The molecule has 1 aliphatic carbocycles. The van der Waals surface area contributed by atoms with E-state index in [-0.39, 0.29) is 5.92 Å². The third kappa shape index (κ3) is 4.82. The summed E-state index contributed by atoms with van der Waals surface area (Å²) >= 11 is 0. The molecule has 5 rings (SSSR count). The van der Waals surface area contributed by atoms with Crippen LogP contribution in [0.1, 0.15) is 75.8 Å². The summed E-state index contributed by atoms with van der Waals surface area (Å²) in [6.07, 6.45) is 6.94. The van der Waals surface area contributed by atoms with Gasteiger partial charge in [-0.3, -0.25) is 0 Å². The van der Waals surface area contributed by atoms with Crippen LogP contribution < -0.4 is 14.2 Å². The standard InChI is InChI=1S/C29H36O5/c1-3-5-15-30-22-9-7-21(8-10-22)28-26-20-29(32-17-18-33-29)14-13-24(26)25-19-23(31-16-6-4-2)11-12-27(25)34-28/h7-12,19,24H,3-6,13-18,20H2,1-2H3/t24-/m1/s1. The molecule has 5 nitrogen and oxygen atoms in total. The van der Waals surface area contributed by atoms with Gasteiger partial charge in [0.05, 0.1) is 26.4 Å². The summed E-state index contributed by atoms with van der Waals surface area (Å²) in [6, 6.07) is 14.5. The molecular weight excluding hydrogens is 428 g/mol. The second-order valence-corrected chi connectivity index (χ2v) is 9.46. The minimum Gasteiger partial charge on any atom is -0.494 e. The second-order valence-electron chi connectivity index (χ2n) is 9.46. The van der Waals surface area contributed by atoms with Crippen LogP contribution in [0.5, 0.6) is 17.2 Å². The zero-order valence-electron chi connectivity index (χ0n) is 20.4. The Bertz CT molecular complexity index is 1000. The molecule has 34 heavy (non-hydrogen) atoms. The number of hydrogen-bond acceptors (Lipinski definition) is 5. The molecule has 0 radical (unpaired) electrons. The van der Waals surface area contributed by atoms with Crippen molar-refractivity contribution in [3.8, 4) is 17.2 Å². The summed E-state index contributed by atoms with van der Waals surface area (Å²) in [6.45, 7) is 7.15. The Morgan fingerprint density at radius 2 is 1.56 bits per heavy atom. The lowest BCUT2D eigenvalue weighted by Gasteiger charge is -2.41. The summed E-state index contributed by atoms with van der Waals surface area (Å²) in [5.74, 6) is 3.41. The van der Waals surface area contributed by atoms with Gasteiger partial charge in [0.2, 0.25) is 0 Å². The van der Waals surface area contributed by atoms with E-state index in [0.29, 0.717) is 13.2 Å². The molecule has 2 aromatic rings. The van der Waals surface area contributed by atoms with Gasteiger partial charge in [-0.15, -0.1) is 0 Å². The fourth-order valence-corrected chi connectivity index (χ4v) is 5.14. The molecule has 2 aliphatic heterocycles. The first-order valence-electron chi connectivity index (χ1n) is 12.9. The Labute approximate surface area is 203 Å². The van der Waals surface area contributed by atoms with Crippen LogP contribution in [0.3, 0.4) is 0 Å². The van der Waals surface area contributed by atoms with Crippen LogP contribution in [0, 0.1) is 0 Å². The Morgan fingerprint density at radius 1 is 0.882 bits per heavy atom. The third-order valence-corrected chi connectivity index (χ3v) is 7.02. The topological polar surface area (TPSA) is 46.2 Å². The van der Waals surface area contributed by atoms with Crippen LogP contribution >= 0.6 is 0 Å². The van der Waals surface area contributed by atoms with Gasteiger partial charge in [0.25, 0.3) is 0 Å². The number of unbranched alkanes of at least 4 members (excludes halogenated alkanes) is 2. The summed E-state index contributed by atoms with van der Waals surface area (Å²) in [5, 5.41) is 0. The van der Waals surface area contributed by atoms with Crippen molar-refractivity contribution in [2.45, 2.75) is 70.5 Å². The van der Waals surface area contributed by atoms with Crippen molar-refractivity contribution in [2.24, 2.45) is 0 Å². The van der Waals surface area contributed by atoms with Crippen molar-refractivity contribution >= 4 is 5.76 Å². The molecule has 182 valence electrons. The molecule has 3 aliphatic rings. The SMILES string of the molecule is CCCCOc1ccc(C2=C3CC4(CC[C@@H]3c3cc(OCCCC)ccc3O2)OCCO4)cc1. The van der Waals surface area contributed by atoms with Crippen molar-refractivity contribution in [2.75, 3.05) is 26.4 Å². The lowest BCUT2D eigenvalue weighted by molar-refractivity contribution is -0.169. The van der Waals surface area contributed by atoms with E-state index in [1.165, 1.54) is 11.1 Å². The Kier molecular flexibility index (Phi) is 7.12. The zero-order chi connectivity index (χ0) is 23.4. The Morgan fingerprint density at radius 3 is 2.26 bits per heavy atom. The molecule has 1 saturated carbocycles. The van der Waals surface area contributed by atoms with Crippen molar-refractivity contribution < 1.29 is 23.7 Å². The molecule has 2 aromatic carbocycles. The van der Waals surface area contributed by atoms with Crippen LogP contribution in [0.2, 0.25) is 0 Å². The normalized spacial score (nSPS) is 20.6. The van der Waals surface area contributed by atoms with Crippen LogP contribution in [-0.2, 0) is 9.47 Å². The van der Waals surface area contributed by atoms with Gasteiger partial charge in [-0.25, -0.2) is 0 Å². The fourth-order valence-electron chi connectivity index (χ4n) is 5.14. The van der Waals surface area contributed by atoms with Crippen LogP contribution in [0.15, 0.2) is 48.0 Å². The molecule has 2 heterocycles. The van der Waals surface area contributed by atoms with E-state index in [1.54, 1.807) is 0 Å². The first-order chi connectivity index (χ1) is 16.7. The lowest BCUT2D eigenvalue weighted by atomic mass is 9.74. The Hall–Kier alpha value is -2.50. The summed E-state index contributed by atoms with van der Waals surface area (Å²) in [4.78, 5) is 0. The molecule has 0 unspecified atom stereocenters. The number of benzene rings is 2. The van der Waals surface area contributed by atoms with Crippen molar-refractivity contribution in [3.63, 3.8) is 0 Å². The van der Waals surface area contributed by atoms with E-state index in [0.717, 1.165) is 86.7 Å². The second kappa shape index (κ2) is 10.4. The number of hydrogen-bond donors (Lipinski definition) is 0. The maximum absolute atomic E-state index is 6.58. The molecule has 0 bridgehead atoms. The first kappa shape index (κ1) is 23.3. The van der Waals surface area contributed by atoms with E-state index < -0.39 is 5.79 Å². The quantitative estimate of drug-likeness (QED) is 0.379. The molecule has 0 N–H and O–H groups in total. The minimum absolute atomic E-state index is 0.271. The maximum atomic E-state index is 6.58. The highest BCUT2D eigenvalue weighted by atomic mass is 16.7. The molecule has 0 aromatic heterocycles. The van der Waals surface area contributed by atoms with Gasteiger partial charge in [-0.1, -0.05) is 26.7 Å². The van der Waals surface area contributed by atoms with E-state index in [2.05, 4.69) is 38.1 Å². The smallest absolute Gasteiger partial charge is 0.172 e. The average molecular weight is 465 g/mol. The predicted octanol–water partition coefficient (Wildman–Crippen LogP) is 6.86. The number of rotatable bonds is 9. The van der Waals surface area contributed by atoms with Crippen LogP contribution in [0.4, 0.5) is 0 Å². The van der Waals surface area contributed by atoms with E-state index in [4.69, 9.17) is 23.7 Å². The lowest BCUT2D eigenvalue weighted by Crippen LogP contribution is -2.37. The van der Waals surface area contributed by atoms with Gasteiger partial charge in [-0.05, 0) is 67.3 Å². The highest BCUT2D eigenvalue weighted by Gasteiger charge is 2.46. The molecule has 2 fully saturated rings. The molecule has 1 atom stereocenters. The van der Waals surface area contributed by atoms with Crippen LogP contribution in [-0.4, -0.2) is 32.2 Å². The Balaban J connectivity index is 1.46. The summed E-state index contributed by atoms with van der Waals surface area (Å²) in [7, 11) is 0. The zero-order valence-corrected chi connectivity index (χ0v) is 20.4. The predicted molar refractivity (Wildman–Crippen MR) is 132 cm³/mol. The highest BCUT2D eigenvalue weighted by Crippen LogP contribution is 2.53. The van der Waals surface area contributed by atoms with Gasteiger partial charge in [-0.2, -0.15) is 0 Å². The molecule has 5 heteroatoms. The van der Waals surface area contributed by atoms with Gasteiger partial charge in [0, 0.05) is 29.9 Å². The first-order valence-corrected chi connectivity index (χ1v) is 12.9. The van der Waals surface area contributed by atoms with Crippen LogP contribution in [0.25, 0.3) is 5.76 Å². The summed E-state index contributed by atoms with van der Waals surface area (Å²) in [5.41, 5.74) is 3.53. The molecule has 1 spiro atoms. The van der Waals surface area contributed by atoms with Crippen molar-refractivity contribution in [3.05, 3.63) is 59.2 Å². The van der Waals surface area contributed by atoms with Crippen molar-refractivity contribution in [1.82, 2.24) is 0 Å². The average Bonchev–Trinajstić information content (AvgIpc) is 3.32. The van der Waals surface area contributed by atoms with Gasteiger partial charge >= 0.3 is 0 Å². The van der Waals surface area contributed by atoms with Gasteiger partial charge < -0.3 is 23.7 Å². The van der Waals surface area contributed by atoms with E-state index >= 15 is 0 Å². The largest absolute Gasteiger partial charge is 0.494 e.